The van der Waals surface area contributed by atoms with Crippen LogP contribution in [0.2, 0.25) is 0 Å². The fourth-order valence-corrected chi connectivity index (χ4v) is 4.55. The molecule has 1 amide bonds. The Morgan fingerprint density at radius 2 is 2.00 bits per heavy atom. The van der Waals surface area contributed by atoms with Gasteiger partial charge in [0.15, 0.2) is 0 Å². The maximum absolute atomic E-state index is 13.0. The fraction of sp³-hybridized carbons (Fsp3) is 0.435. The first-order chi connectivity index (χ1) is 13.8. The van der Waals surface area contributed by atoms with Crippen LogP contribution in [0.4, 0.5) is 0 Å². The highest BCUT2D eigenvalue weighted by molar-refractivity contribution is 9.10. The van der Waals surface area contributed by atoms with Crippen LogP contribution in [0.25, 0.3) is 0 Å². The molecular weight excluding hydrogens is 468 g/mol. The predicted octanol–water partition coefficient (Wildman–Crippen LogP) is 3.72. The summed E-state index contributed by atoms with van der Waals surface area (Å²) in [6.07, 6.45) is 0.870. The van der Waals surface area contributed by atoms with E-state index in [0.29, 0.717) is 32.5 Å². The number of hydrogen-bond acceptors (Lipinski definition) is 4. The lowest BCUT2D eigenvalue weighted by Gasteiger charge is -2.46. The number of hydrogen-bond donors (Lipinski definition) is 1. The average Bonchev–Trinajstić information content (AvgIpc) is 2.69. The molecule has 7 heteroatoms. The fourth-order valence-electron chi connectivity index (χ4n) is 4.10. The summed E-state index contributed by atoms with van der Waals surface area (Å²) in [5.74, 6) is 0.733. The van der Waals surface area contributed by atoms with Gasteiger partial charge in [-0.2, -0.15) is 0 Å². The molecule has 2 aromatic carbocycles. The number of aliphatic hydroxyl groups is 1. The summed E-state index contributed by atoms with van der Waals surface area (Å²) in [6.45, 7) is 1.75. The van der Waals surface area contributed by atoms with Crippen molar-refractivity contribution in [3.63, 3.8) is 0 Å². The number of halogens is 2. The molecule has 1 aliphatic rings. The van der Waals surface area contributed by atoms with E-state index in [4.69, 9.17) is 4.74 Å². The number of ether oxygens (including phenoxy) is 1. The molecule has 0 bridgehead atoms. The van der Waals surface area contributed by atoms with Gasteiger partial charge in [0, 0.05) is 30.0 Å². The van der Waals surface area contributed by atoms with Crippen LogP contribution in [-0.2, 0) is 16.8 Å². The van der Waals surface area contributed by atoms with Gasteiger partial charge in [-0.15, -0.1) is 12.4 Å². The molecule has 2 aromatic rings. The predicted molar refractivity (Wildman–Crippen MR) is 125 cm³/mol. The molecule has 5 nitrogen and oxygen atoms in total. The molecule has 2 unspecified atom stereocenters. The van der Waals surface area contributed by atoms with E-state index in [9.17, 15) is 9.90 Å². The third kappa shape index (κ3) is 5.76. The number of methoxy groups -OCH3 is 1. The normalized spacial score (nSPS) is 21.3. The number of carbonyl (C=O) groups excluding carboxylic acids is 1. The first kappa shape index (κ1) is 24.7. The zero-order chi connectivity index (χ0) is 21.0. The summed E-state index contributed by atoms with van der Waals surface area (Å²) in [7, 11) is 5.62. The molecule has 2 atom stereocenters. The molecule has 0 aliphatic carbocycles. The van der Waals surface area contributed by atoms with Gasteiger partial charge >= 0.3 is 0 Å². The second-order valence-corrected chi connectivity index (χ2v) is 8.93. The van der Waals surface area contributed by atoms with Gasteiger partial charge in [0.1, 0.15) is 5.75 Å². The maximum atomic E-state index is 13.0. The van der Waals surface area contributed by atoms with E-state index in [0.717, 1.165) is 21.3 Å². The van der Waals surface area contributed by atoms with Crippen molar-refractivity contribution in [2.75, 3.05) is 40.8 Å². The first-order valence-corrected chi connectivity index (χ1v) is 10.6. The molecule has 1 fully saturated rings. The van der Waals surface area contributed by atoms with Gasteiger partial charge in [-0.1, -0.05) is 40.2 Å². The van der Waals surface area contributed by atoms with Crippen LogP contribution in [0.5, 0.6) is 5.75 Å². The number of amides is 1. The Kier molecular flexibility index (Phi) is 8.73. The van der Waals surface area contributed by atoms with Gasteiger partial charge in [0.2, 0.25) is 5.91 Å². The smallest absolute Gasteiger partial charge is 0.227 e. The third-order valence-corrected chi connectivity index (χ3v) is 6.12. The molecule has 0 aromatic heterocycles. The topological polar surface area (TPSA) is 53.0 Å². The molecule has 0 radical (unpaired) electrons. The first-order valence-electron chi connectivity index (χ1n) is 9.85. The maximum Gasteiger partial charge on any atom is 0.227 e. The Labute approximate surface area is 193 Å². The van der Waals surface area contributed by atoms with E-state index in [1.54, 1.807) is 7.11 Å². The highest BCUT2D eigenvalue weighted by Gasteiger charge is 2.44. The molecule has 164 valence electrons. The molecule has 1 heterocycles. The van der Waals surface area contributed by atoms with Crippen LogP contribution in [0.3, 0.4) is 0 Å². The van der Waals surface area contributed by atoms with Gasteiger partial charge < -0.3 is 19.6 Å². The standard InChI is InChI=1S/C23H29BrN2O3.ClH/c1-25(2)15-19-16-26(22(27)13-17-6-4-8-20(24)12-17)11-10-23(19,28)18-7-5-9-21(14-18)29-3;/h4-9,12,14,19,28H,10-11,13,15-16H2,1-3H3;1H. The van der Waals surface area contributed by atoms with Crippen molar-refractivity contribution in [2.24, 2.45) is 5.92 Å². The molecular formula is C23H30BrClN2O3. The Morgan fingerprint density at radius 1 is 1.27 bits per heavy atom. The van der Waals surface area contributed by atoms with Crippen molar-refractivity contribution in [2.45, 2.75) is 18.4 Å². The molecule has 1 aliphatic heterocycles. The quantitative estimate of drug-likeness (QED) is 0.661. The minimum atomic E-state index is -0.995. The summed E-state index contributed by atoms with van der Waals surface area (Å²) in [5.41, 5.74) is 0.843. The number of benzene rings is 2. The zero-order valence-corrected chi connectivity index (χ0v) is 20.1. The second-order valence-electron chi connectivity index (χ2n) is 8.01. The number of piperidine rings is 1. The van der Waals surface area contributed by atoms with Crippen LogP contribution >= 0.6 is 28.3 Å². The van der Waals surface area contributed by atoms with Crippen molar-refractivity contribution in [3.05, 3.63) is 64.1 Å². The second kappa shape index (κ2) is 10.6. The number of nitrogens with zero attached hydrogens (tertiary/aromatic N) is 2. The lowest BCUT2D eigenvalue weighted by atomic mass is 9.75. The van der Waals surface area contributed by atoms with Gasteiger partial charge in [0.05, 0.1) is 19.1 Å². The number of carbonyl (C=O) groups is 1. The van der Waals surface area contributed by atoms with Gasteiger partial charge in [-0.05, 0) is 55.9 Å². The Bertz CT molecular complexity index is 864. The van der Waals surface area contributed by atoms with Crippen molar-refractivity contribution in [1.29, 1.82) is 0 Å². The average molecular weight is 498 g/mol. The lowest BCUT2D eigenvalue weighted by molar-refractivity contribution is -0.141. The summed E-state index contributed by atoms with van der Waals surface area (Å²) in [5, 5.41) is 11.7. The van der Waals surface area contributed by atoms with Gasteiger partial charge in [-0.25, -0.2) is 0 Å². The van der Waals surface area contributed by atoms with E-state index in [1.165, 1.54) is 0 Å². The van der Waals surface area contributed by atoms with Crippen molar-refractivity contribution < 1.29 is 14.6 Å². The SMILES string of the molecule is COc1cccc(C2(O)CCN(C(=O)Cc3cccc(Br)c3)CC2CN(C)C)c1.Cl. The molecule has 30 heavy (non-hydrogen) atoms. The number of rotatable bonds is 6. The lowest BCUT2D eigenvalue weighted by Crippen LogP contribution is -2.54. The van der Waals surface area contributed by atoms with E-state index in [2.05, 4.69) is 20.8 Å². The highest BCUT2D eigenvalue weighted by Crippen LogP contribution is 2.39. The molecule has 0 saturated carbocycles. The minimum Gasteiger partial charge on any atom is -0.497 e. The highest BCUT2D eigenvalue weighted by atomic mass is 79.9. The third-order valence-electron chi connectivity index (χ3n) is 5.63. The summed E-state index contributed by atoms with van der Waals surface area (Å²) in [6, 6.07) is 15.5. The Balaban J connectivity index is 0.00000320. The molecule has 1 N–H and O–H groups in total. The monoisotopic (exact) mass is 496 g/mol. The van der Waals surface area contributed by atoms with Crippen LogP contribution < -0.4 is 4.74 Å². The summed E-state index contributed by atoms with van der Waals surface area (Å²) < 4.78 is 6.32. The van der Waals surface area contributed by atoms with Crippen molar-refractivity contribution >= 4 is 34.2 Å². The zero-order valence-electron chi connectivity index (χ0n) is 17.7. The van der Waals surface area contributed by atoms with E-state index in [-0.39, 0.29) is 24.2 Å². The molecule has 3 rings (SSSR count). The van der Waals surface area contributed by atoms with Crippen LogP contribution in [0.1, 0.15) is 17.5 Å². The van der Waals surface area contributed by atoms with E-state index in [1.807, 2.05) is 67.5 Å². The van der Waals surface area contributed by atoms with Crippen LogP contribution in [0, 0.1) is 5.92 Å². The van der Waals surface area contributed by atoms with Gasteiger partial charge in [0.25, 0.3) is 0 Å². The molecule has 0 spiro atoms. The van der Waals surface area contributed by atoms with Gasteiger partial charge in [-0.3, -0.25) is 4.79 Å². The minimum absolute atomic E-state index is 0. The van der Waals surface area contributed by atoms with Crippen LogP contribution in [0.15, 0.2) is 53.0 Å². The van der Waals surface area contributed by atoms with Crippen molar-refractivity contribution in [3.8, 4) is 5.75 Å². The Morgan fingerprint density at radius 3 is 2.67 bits per heavy atom. The largest absolute Gasteiger partial charge is 0.497 e. The van der Waals surface area contributed by atoms with E-state index >= 15 is 0 Å². The molecule has 1 saturated heterocycles. The van der Waals surface area contributed by atoms with Crippen molar-refractivity contribution in [1.82, 2.24) is 9.80 Å². The summed E-state index contributed by atoms with van der Waals surface area (Å²) in [4.78, 5) is 16.9. The number of likely N-dealkylation sites (tertiary alicyclic amines) is 1. The summed E-state index contributed by atoms with van der Waals surface area (Å²) >= 11 is 3.46. The van der Waals surface area contributed by atoms with Crippen LogP contribution in [-0.4, -0.2) is 61.7 Å². The van der Waals surface area contributed by atoms with E-state index < -0.39 is 5.60 Å². The Hall–Kier alpha value is -1.60.